The van der Waals surface area contributed by atoms with Crippen LogP contribution in [0.25, 0.3) is 6.08 Å². The van der Waals surface area contributed by atoms with E-state index in [1.807, 2.05) is 65.6 Å². The van der Waals surface area contributed by atoms with E-state index in [1.54, 1.807) is 18.2 Å². The minimum atomic E-state index is -0.448. The Labute approximate surface area is 164 Å². The molecule has 3 nitrogen and oxygen atoms in total. The Morgan fingerprint density at radius 1 is 0.929 bits per heavy atom. The van der Waals surface area contributed by atoms with Crippen LogP contribution in [0.1, 0.15) is 16.7 Å². The maximum atomic E-state index is 14.7. The molecule has 0 spiro atoms. The van der Waals surface area contributed by atoms with Crippen molar-refractivity contribution in [2.75, 3.05) is 12.0 Å². The molecule has 3 aromatic rings. The number of hydrogen-bond donors (Lipinski definition) is 0. The Balaban J connectivity index is 1.94. The third kappa shape index (κ3) is 5.30. The third-order valence-electron chi connectivity index (χ3n) is 4.36. The molecule has 0 radical (unpaired) electrons. The van der Waals surface area contributed by atoms with Gasteiger partial charge in [-0.2, -0.15) is 0 Å². The van der Waals surface area contributed by atoms with Crippen molar-refractivity contribution in [3.8, 4) is 0 Å². The molecule has 0 saturated carbocycles. The van der Waals surface area contributed by atoms with Crippen LogP contribution in [-0.4, -0.2) is 13.1 Å². The van der Waals surface area contributed by atoms with Crippen LogP contribution in [0.5, 0.6) is 0 Å². The number of carbonyl (C=O) groups is 1. The predicted octanol–water partition coefficient (Wildman–Crippen LogP) is 5.22. The van der Waals surface area contributed by atoms with Gasteiger partial charge in [0.05, 0.1) is 12.8 Å². The molecule has 0 bridgehead atoms. The SMILES string of the molecule is COC(=O)/C=C/c1ccc(F)c(N(Cc2ccccc2)Cc2ccccc2)c1. The molecule has 0 aliphatic carbocycles. The lowest BCUT2D eigenvalue weighted by atomic mass is 10.1. The van der Waals surface area contributed by atoms with Crippen molar-refractivity contribution in [3.05, 3.63) is 107 Å². The van der Waals surface area contributed by atoms with E-state index in [0.29, 0.717) is 18.8 Å². The van der Waals surface area contributed by atoms with Crippen LogP contribution in [0, 0.1) is 5.82 Å². The van der Waals surface area contributed by atoms with E-state index in [1.165, 1.54) is 19.3 Å². The first-order valence-electron chi connectivity index (χ1n) is 9.04. The number of halogens is 1. The lowest BCUT2D eigenvalue weighted by Gasteiger charge is -2.26. The highest BCUT2D eigenvalue weighted by molar-refractivity contribution is 5.87. The van der Waals surface area contributed by atoms with E-state index in [-0.39, 0.29) is 5.82 Å². The Morgan fingerprint density at radius 2 is 1.50 bits per heavy atom. The van der Waals surface area contributed by atoms with Crippen LogP contribution in [0.2, 0.25) is 0 Å². The first kappa shape index (κ1) is 19.4. The van der Waals surface area contributed by atoms with E-state index in [0.717, 1.165) is 16.7 Å². The number of carbonyl (C=O) groups excluding carboxylic acids is 1. The van der Waals surface area contributed by atoms with Gasteiger partial charge in [-0.05, 0) is 34.9 Å². The highest BCUT2D eigenvalue weighted by Gasteiger charge is 2.14. The zero-order valence-corrected chi connectivity index (χ0v) is 15.7. The number of nitrogens with zero attached hydrogens (tertiary/aromatic N) is 1. The van der Waals surface area contributed by atoms with Gasteiger partial charge in [-0.25, -0.2) is 9.18 Å². The zero-order valence-electron chi connectivity index (χ0n) is 15.7. The molecule has 4 heteroatoms. The molecule has 3 aromatic carbocycles. The summed E-state index contributed by atoms with van der Waals surface area (Å²) < 4.78 is 19.4. The summed E-state index contributed by atoms with van der Waals surface area (Å²) in [6, 6.07) is 24.7. The Kier molecular flexibility index (Phi) is 6.58. The number of esters is 1. The first-order valence-corrected chi connectivity index (χ1v) is 9.04. The molecular formula is C24H22FNO2. The molecule has 28 heavy (non-hydrogen) atoms. The third-order valence-corrected chi connectivity index (χ3v) is 4.36. The minimum Gasteiger partial charge on any atom is -0.466 e. The molecule has 0 unspecified atom stereocenters. The average Bonchev–Trinajstić information content (AvgIpc) is 2.74. The standard InChI is InChI=1S/C24H22FNO2/c1-28-24(27)15-13-19-12-14-22(25)23(16-19)26(17-20-8-4-2-5-9-20)18-21-10-6-3-7-11-21/h2-16H,17-18H2,1H3/b15-13+. The van der Waals surface area contributed by atoms with E-state index < -0.39 is 5.97 Å². The molecule has 0 fully saturated rings. The Morgan fingerprint density at radius 3 is 2.04 bits per heavy atom. The summed E-state index contributed by atoms with van der Waals surface area (Å²) in [6.45, 7) is 1.13. The van der Waals surface area contributed by atoms with Crippen molar-refractivity contribution < 1.29 is 13.9 Å². The number of hydrogen-bond acceptors (Lipinski definition) is 3. The van der Waals surface area contributed by atoms with Gasteiger partial charge in [0.15, 0.2) is 0 Å². The Hall–Kier alpha value is -3.40. The molecule has 0 atom stereocenters. The fraction of sp³-hybridized carbons (Fsp3) is 0.125. The summed E-state index contributed by atoms with van der Waals surface area (Å²) >= 11 is 0. The van der Waals surface area contributed by atoms with E-state index in [4.69, 9.17) is 0 Å². The van der Waals surface area contributed by atoms with Crippen LogP contribution in [0.4, 0.5) is 10.1 Å². The number of rotatable bonds is 7. The second kappa shape index (κ2) is 9.51. The van der Waals surface area contributed by atoms with Crippen molar-refractivity contribution in [1.82, 2.24) is 0 Å². The van der Waals surface area contributed by atoms with Gasteiger partial charge in [0.2, 0.25) is 0 Å². The fourth-order valence-electron chi connectivity index (χ4n) is 2.94. The monoisotopic (exact) mass is 375 g/mol. The summed E-state index contributed by atoms with van der Waals surface area (Å²) in [5.41, 5.74) is 3.40. The van der Waals surface area contributed by atoms with E-state index in [2.05, 4.69) is 4.74 Å². The molecule has 0 aliphatic rings. The molecule has 0 N–H and O–H groups in total. The largest absolute Gasteiger partial charge is 0.466 e. The van der Waals surface area contributed by atoms with Gasteiger partial charge in [0.1, 0.15) is 5.82 Å². The molecular weight excluding hydrogens is 353 g/mol. The summed E-state index contributed by atoms with van der Waals surface area (Å²) in [7, 11) is 1.32. The first-order chi connectivity index (χ1) is 13.7. The van der Waals surface area contributed by atoms with Crippen LogP contribution in [0.3, 0.4) is 0 Å². The maximum absolute atomic E-state index is 14.7. The van der Waals surface area contributed by atoms with Gasteiger partial charge >= 0.3 is 5.97 Å². The highest BCUT2D eigenvalue weighted by atomic mass is 19.1. The summed E-state index contributed by atoms with van der Waals surface area (Å²) in [4.78, 5) is 13.4. The minimum absolute atomic E-state index is 0.304. The molecule has 0 amide bonds. The van der Waals surface area contributed by atoms with Gasteiger partial charge in [-0.15, -0.1) is 0 Å². The topological polar surface area (TPSA) is 29.5 Å². The summed E-state index contributed by atoms with van der Waals surface area (Å²) in [6.07, 6.45) is 2.95. The van der Waals surface area contributed by atoms with Crippen LogP contribution in [-0.2, 0) is 22.6 Å². The number of benzene rings is 3. The highest BCUT2D eigenvalue weighted by Crippen LogP contribution is 2.25. The normalized spacial score (nSPS) is 10.8. The van der Waals surface area contributed by atoms with Crippen molar-refractivity contribution in [3.63, 3.8) is 0 Å². The maximum Gasteiger partial charge on any atom is 0.330 e. The molecule has 142 valence electrons. The second-order valence-corrected chi connectivity index (χ2v) is 6.39. The molecule has 0 aromatic heterocycles. The zero-order chi connectivity index (χ0) is 19.8. The van der Waals surface area contributed by atoms with Crippen LogP contribution in [0.15, 0.2) is 84.9 Å². The lowest BCUT2D eigenvalue weighted by molar-refractivity contribution is -0.134. The quantitative estimate of drug-likeness (QED) is 0.419. The van der Waals surface area contributed by atoms with E-state index >= 15 is 0 Å². The van der Waals surface area contributed by atoms with Crippen molar-refractivity contribution in [2.45, 2.75) is 13.1 Å². The number of methoxy groups -OCH3 is 1. The Bertz CT molecular complexity index is 898. The number of anilines is 1. The average molecular weight is 375 g/mol. The lowest BCUT2D eigenvalue weighted by Crippen LogP contribution is -2.23. The van der Waals surface area contributed by atoms with Gasteiger partial charge in [-0.3, -0.25) is 0 Å². The molecule has 0 saturated heterocycles. The summed E-state index contributed by atoms with van der Waals surface area (Å²) in [5, 5.41) is 0. The van der Waals surface area contributed by atoms with Crippen LogP contribution >= 0.6 is 0 Å². The second-order valence-electron chi connectivity index (χ2n) is 6.39. The van der Waals surface area contributed by atoms with Gasteiger partial charge in [-0.1, -0.05) is 66.7 Å². The predicted molar refractivity (Wildman–Crippen MR) is 110 cm³/mol. The van der Waals surface area contributed by atoms with Gasteiger partial charge < -0.3 is 9.64 Å². The summed E-state index contributed by atoms with van der Waals surface area (Å²) in [5.74, 6) is -0.751. The van der Waals surface area contributed by atoms with Crippen LogP contribution < -0.4 is 4.90 Å². The molecule has 0 aliphatic heterocycles. The van der Waals surface area contributed by atoms with Gasteiger partial charge in [0, 0.05) is 19.2 Å². The molecule has 3 rings (SSSR count). The number of ether oxygens (including phenoxy) is 1. The fourth-order valence-corrected chi connectivity index (χ4v) is 2.94. The van der Waals surface area contributed by atoms with Crippen molar-refractivity contribution in [1.29, 1.82) is 0 Å². The van der Waals surface area contributed by atoms with Crippen molar-refractivity contribution >= 4 is 17.7 Å². The molecule has 0 heterocycles. The van der Waals surface area contributed by atoms with Gasteiger partial charge in [0.25, 0.3) is 0 Å². The smallest absolute Gasteiger partial charge is 0.330 e. The van der Waals surface area contributed by atoms with E-state index in [9.17, 15) is 9.18 Å². The van der Waals surface area contributed by atoms with Crippen molar-refractivity contribution in [2.24, 2.45) is 0 Å².